The van der Waals surface area contributed by atoms with Crippen molar-refractivity contribution in [3.05, 3.63) is 0 Å². The number of carbonyl (C=O) groups is 1. The van der Waals surface area contributed by atoms with Crippen LogP contribution in [0.15, 0.2) is 4.99 Å². The molecular formula is C14H26N4O2S. The molecule has 0 saturated carbocycles. The highest BCUT2D eigenvalue weighted by Gasteiger charge is 2.32. The van der Waals surface area contributed by atoms with Crippen molar-refractivity contribution in [3.8, 4) is 0 Å². The molecule has 120 valence electrons. The SMILES string of the molecule is CCNC(=NCC1(O)CCSC1)N1CCN(C(C)=O)CC1. The Bertz CT molecular complexity index is 388. The number of aliphatic hydroxyl groups is 1. The van der Waals surface area contributed by atoms with Crippen molar-refractivity contribution >= 4 is 23.6 Å². The minimum atomic E-state index is -0.646. The number of thioether (sulfide) groups is 1. The van der Waals surface area contributed by atoms with Crippen LogP contribution < -0.4 is 5.32 Å². The number of amides is 1. The van der Waals surface area contributed by atoms with Gasteiger partial charge in [-0.1, -0.05) is 0 Å². The Labute approximate surface area is 131 Å². The number of aliphatic imine (C=N–C) groups is 1. The summed E-state index contributed by atoms with van der Waals surface area (Å²) in [6, 6.07) is 0. The first-order valence-electron chi connectivity index (χ1n) is 7.63. The van der Waals surface area contributed by atoms with Crippen molar-refractivity contribution in [2.24, 2.45) is 4.99 Å². The molecule has 0 aromatic carbocycles. The topological polar surface area (TPSA) is 68.2 Å². The molecule has 0 aromatic rings. The van der Waals surface area contributed by atoms with Crippen LogP contribution in [0, 0.1) is 0 Å². The minimum Gasteiger partial charge on any atom is -0.387 e. The fourth-order valence-electron chi connectivity index (χ4n) is 2.60. The van der Waals surface area contributed by atoms with Crippen LogP contribution in [0.5, 0.6) is 0 Å². The smallest absolute Gasteiger partial charge is 0.219 e. The maximum Gasteiger partial charge on any atom is 0.219 e. The summed E-state index contributed by atoms with van der Waals surface area (Å²) < 4.78 is 0. The largest absolute Gasteiger partial charge is 0.387 e. The third kappa shape index (κ3) is 4.51. The van der Waals surface area contributed by atoms with Gasteiger partial charge in [-0.2, -0.15) is 11.8 Å². The zero-order valence-electron chi connectivity index (χ0n) is 13.0. The maximum atomic E-state index is 11.4. The molecule has 6 nitrogen and oxygen atoms in total. The first kappa shape index (κ1) is 16.4. The predicted molar refractivity (Wildman–Crippen MR) is 86.7 cm³/mol. The second-order valence-electron chi connectivity index (χ2n) is 5.69. The molecule has 2 heterocycles. The highest BCUT2D eigenvalue weighted by Crippen LogP contribution is 2.27. The van der Waals surface area contributed by atoms with Gasteiger partial charge in [0.25, 0.3) is 0 Å². The summed E-state index contributed by atoms with van der Waals surface area (Å²) in [6.07, 6.45) is 0.818. The average Bonchev–Trinajstić information content (AvgIpc) is 2.91. The molecule has 1 amide bonds. The van der Waals surface area contributed by atoms with Crippen LogP contribution in [0.2, 0.25) is 0 Å². The number of nitrogens with zero attached hydrogens (tertiary/aromatic N) is 3. The zero-order chi connectivity index (χ0) is 15.3. The minimum absolute atomic E-state index is 0.133. The molecule has 2 N–H and O–H groups in total. The lowest BCUT2D eigenvalue weighted by Crippen LogP contribution is -2.53. The Kier molecular flexibility index (Phi) is 5.75. The molecule has 7 heteroatoms. The van der Waals surface area contributed by atoms with Crippen LogP contribution in [0.25, 0.3) is 0 Å². The summed E-state index contributed by atoms with van der Waals surface area (Å²) in [7, 11) is 0. The van der Waals surface area contributed by atoms with Gasteiger partial charge in [0.1, 0.15) is 0 Å². The molecule has 0 bridgehead atoms. The van der Waals surface area contributed by atoms with E-state index in [1.807, 2.05) is 11.8 Å². The molecule has 21 heavy (non-hydrogen) atoms. The molecule has 2 rings (SSSR count). The van der Waals surface area contributed by atoms with Gasteiger partial charge in [0.15, 0.2) is 5.96 Å². The molecule has 2 saturated heterocycles. The first-order chi connectivity index (χ1) is 10.0. The third-order valence-electron chi connectivity index (χ3n) is 3.97. The van der Waals surface area contributed by atoms with Gasteiger partial charge >= 0.3 is 0 Å². The number of guanidine groups is 1. The van der Waals surface area contributed by atoms with Gasteiger partial charge in [0, 0.05) is 45.4 Å². The molecule has 0 aliphatic carbocycles. The Balaban J connectivity index is 1.94. The Hall–Kier alpha value is -0.950. The van der Waals surface area contributed by atoms with Crippen LogP contribution in [-0.2, 0) is 4.79 Å². The van der Waals surface area contributed by atoms with Crippen molar-refractivity contribution in [1.82, 2.24) is 15.1 Å². The Morgan fingerprint density at radius 2 is 2.00 bits per heavy atom. The second-order valence-corrected chi connectivity index (χ2v) is 6.80. The van der Waals surface area contributed by atoms with Gasteiger partial charge in [-0.3, -0.25) is 9.79 Å². The van der Waals surface area contributed by atoms with Crippen LogP contribution in [-0.4, -0.2) is 83.1 Å². The van der Waals surface area contributed by atoms with Gasteiger partial charge < -0.3 is 20.2 Å². The van der Waals surface area contributed by atoms with E-state index in [0.29, 0.717) is 6.54 Å². The van der Waals surface area contributed by atoms with Crippen LogP contribution in [0.1, 0.15) is 20.3 Å². The van der Waals surface area contributed by atoms with Crippen molar-refractivity contribution in [3.63, 3.8) is 0 Å². The highest BCUT2D eigenvalue weighted by atomic mass is 32.2. The predicted octanol–water partition coefficient (Wildman–Crippen LogP) is -0.0160. The van der Waals surface area contributed by atoms with Gasteiger partial charge in [-0.15, -0.1) is 0 Å². The number of piperazine rings is 1. The fraction of sp³-hybridized carbons (Fsp3) is 0.857. The van der Waals surface area contributed by atoms with E-state index in [9.17, 15) is 9.90 Å². The Morgan fingerprint density at radius 1 is 1.33 bits per heavy atom. The standard InChI is InChI=1S/C14H26N4O2S/c1-3-15-13(16-10-14(20)4-9-21-11-14)18-7-5-17(6-8-18)12(2)19/h20H,3-11H2,1-2H3,(H,15,16). The van der Waals surface area contributed by atoms with E-state index in [0.717, 1.165) is 56.6 Å². The summed E-state index contributed by atoms with van der Waals surface area (Å²) in [5.41, 5.74) is -0.646. The highest BCUT2D eigenvalue weighted by molar-refractivity contribution is 7.99. The quantitative estimate of drug-likeness (QED) is 0.566. The van der Waals surface area contributed by atoms with E-state index in [2.05, 4.69) is 15.2 Å². The summed E-state index contributed by atoms with van der Waals surface area (Å²) in [6.45, 7) is 7.97. The maximum absolute atomic E-state index is 11.4. The summed E-state index contributed by atoms with van der Waals surface area (Å²) in [4.78, 5) is 20.0. The van der Waals surface area contributed by atoms with E-state index >= 15 is 0 Å². The summed E-state index contributed by atoms with van der Waals surface area (Å²) in [5.74, 6) is 2.77. The molecule has 2 aliphatic heterocycles. The lowest BCUT2D eigenvalue weighted by atomic mass is 10.0. The lowest BCUT2D eigenvalue weighted by Gasteiger charge is -2.36. The van der Waals surface area contributed by atoms with Crippen LogP contribution in [0.3, 0.4) is 0 Å². The van der Waals surface area contributed by atoms with Crippen molar-refractivity contribution < 1.29 is 9.90 Å². The first-order valence-corrected chi connectivity index (χ1v) is 8.78. The van der Waals surface area contributed by atoms with E-state index in [1.165, 1.54) is 0 Å². The fourth-order valence-corrected chi connectivity index (χ4v) is 3.89. The molecule has 2 fully saturated rings. The number of hydrogen-bond donors (Lipinski definition) is 2. The molecule has 0 spiro atoms. The van der Waals surface area contributed by atoms with Crippen molar-refractivity contribution in [2.45, 2.75) is 25.9 Å². The molecule has 0 aromatic heterocycles. The number of carbonyl (C=O) groups excluding carboxylic acids is 1. The molecule has 0 radical (unpaired) electrons. The molecule has 1 unspecified atom stereocenters. The number of nitrogens with one attached hydrogen (secondary N) is 1. The van der Waals surface area contributed by atoms with Crippen LogP contribution in [0.4, 0.5) is 0 Å². The van der Waals surface area contributed by atoms with E-state index < -0.39 is 5.60 Å². The van der Waals surface area contributed by atoms with Gasteiger partial charge in [0.2, 0.25) is 5.91 Å². The Morgan fingerprint density at radius 3 is 2.52 bits per heavy atom. The van der Waals surface area contributed by atoms with E-state index in [1.54, 1.807) is 18.7 Å². The van der Waals surface area contributed by atoms with Crippen molar-refractivity contribution in [2.75, 3.05) is 50.8 Å². The molecule has 2 aliphatic rings. The zero-order valence-corrected chi connectivity index (χ0v) is 13.8. The monoisotopic (exact) mass is 314 g/mol. The van der Waals surface area contributed by atoms with Gasteiger partial charge in [-0.25, -0.2) is 0 Å². The number of rotatable bonds is 3. The molecule has 1 atom stereocenters. The normalized spacial score (nSPS) is 27.1. The van der Waals surface area contributed by atoms with E-state index in [-0.39, 0.29) is 5.91 Å². The van der Waals surface area contributed by atoms with Crippen LogP contribution >= 0.6 is 11.8 Å². The lowest BCUT2D eigenvalue weighted by molar-refractivity contribution is -0.130. The van der Waals surface area contributed by atoms with E-state index in [4.69, 9.17) is 0 Å². The second kappa shape index (κ2) is 7.35. The van der Waals surface area contributed by atoms with Crippen molar-refractivity contribution in [1.29, 1.82) is 0 Å². The summed E-state index contributed by atoms with van der Waals surface area (Å²) in [5, 5.41) is 13.7. The number of hydrogen-bond acceptors (Lipinski definition) is 4. The van der Waals surface area contributed by atoms with Gasteiger partial charge in [-0.05, 0) is 19.1 Å². The summed E-state index contributed by atoms with van der Waals surface area (Å²) >= 11 is 1.79. The average molecular weight is 314 g/mol. The molecular weight excluding hydrogens is 288 g/mol. The van der Waals surface area contributed by atoms with Gasteiger partial charge in [0.05, 0.1) is 12.1 Å². The third-order valence-corrected chi connectivity index (χ3v) is 5.20.